The Bertz CT molecular complexity index is 238. The third-order valence-corrected chi connectivity index (χ3v) is 1.46. The van der Waals surface area contributed by atoms with E-state index in [0.29, 0.717) is 0 Å². The summed E-state index contributed by atoms with van der Waals surface area (Å²) in [5.74, 6) is 1.97. The van der Waals surface area contributed by atoms with Gasteiger partial charge in [0.1, 0.15) is 0 Å². The first-order valence-electron chi connectivity index (χ1n) is 3.28. The summed E-state index contributed by atoms with van der Waals surface area (Å²) in [5.41, 5.74) is 1.97. The van der Waals surface area contributed by atoms with E-state index in [4.69, 9.17) is 0 Å². The average Bonchev–Trinajstić information content (AvgIpc) is 1.88. The molecular formula is C8H9BO. The summed E-state index contributed by atoms with van der Waals surface area (Å²) in [4.78, 5) is 10.8. The Kier molecular flexibility index (Phi) is 2.00. The van der Waals surface area contributed by atoms with Crippen molar-refractivity contribution < 1.29 is 4.79 Å². The molecule has 0 N–H and O–H groups in total. The molecule has 1 nitrogen and oxygen atoms in total. The van der Waals surface area contributed by atoms with Gasteiger partial charge in [0.2, 0.25) is 0 Å². The Hall–Kier alpha value is -0.915. The van der Waals surface area contributed by atoms with E-state index in [1.807, 2.05) is 31.9 Å². The minimum absolute atomic E-state index is 0.125. The van der Waals surface area contributed by atoms with Gasteiger partial charge in [0.25, 0.3) is 0 Å². The molecule has 10 heavy (non-hydrogen) atoms. The normalized spacial score (nSPS) is 9.00. The van der Waals surface area contributed by atoms with Crippen molar-refractivity contribution in [1.29, 1.82) is 0 Å². The molecule has 0 aliphatic carbocycles. The van der Waals surface area contributed by atoms with Gasteiger partial charge in [0.15, 0.2) is 0 Å². The summed E-state index contributed by atoms with van der Waals surface area (Å²) in [6.07, 6.45) is 0. The van der Waals surface area contributed by atoms with Crippen LogP contribution in [0.5, 0.6) is 0 Å². The van der Waals surface area contributed by atoms with Gasteiger partial charge in [-0.2, -0.15) is 0 Å². The third-order valence-electron chi connectivity index (χ3n) is 1.46. The van der Waals surface area contributed by atoms with Crippen LogP contribution in [0, 0.1) is 6.92 Å². The number of rotatable bonds is 1. The van der Waals surface area contributed by atoms with Gasteiger partial charge < -0.3 is 0 Å². The van der Waals surface area contributed by atoms with Gasteiger partial charge in [0, 0.05) is 0 Å². The van der Waals surface area contributed by atoms with Gasteiger partial charge in [-0.3, -0.25) is 0 Å². The predicted molar refractivity (Wildman–Crippen MR) is 42.5 cm³/mol. The Morgan fingerprint density at radius 3 is 2.60 bits per heavy atom. The zero-order valence-corrected chi connectivity index (χ0v) is 6.22. The van der Waals surface area contributed by atoms with Crippen molar-refractivity contribution in [3.63, 3.8) is 0 Å². The van der Waals surface area contributed by atoms with Crippen LogP contribution < -0.4 is 0 Å². The molecule has 0 amide bonds. The molecular weight excluding hydrogens is 123 g/mol. The van der Waals surface area contributed by atoms with E-state index in [9.17, 15) is 4.79 Å². The molecule has 50 valence electrons. The molecule has 0 atom stereocenters. The average molecular weight is 132 g/mol. The quantitative estimate of drug-likeness (QED) is 0.529. The fourth-order valence-electron chi connectivity index (χ4n) is 0.788. The van der Waals surface area contributed by atoms with E-state index in [2.05, 4.69) is 0 Å². The van der Waals surface area contributed by atoms with Crippen molar-refractivity contribution in [1.82, 2.24) is 0 Å². The minimum atomic E-state index is 0.125. The van der Waals surface area contributed by atoms with Crippen LogP contribution in [0.15, 0.2) is 18.1 Å². The molecule has 1 aromatic rings. The van der Waals surface area contributed by atoms with Crippen LogP contribution in [0.4, 0.5) is 0 Å². The fraction of sp³-hybridized carbons (Fsp3) is 0.250. The van der Waals surface area contributed by atoms with Gasteiger partial charge >= 0.3 is 60.5 Å². The van der Waals surface area contributed by atoms with Gasteiger partial charge in [0.05, 0.1) is 0 Å². The number of carbonyl (C=O) groups excluding carboxylic acids is 1. The van der Waals surface area contributed by atoms with Crippen molar-refractivity contribution in [3.8, 4) is 0 Å². The number of aryl methyl sites for hydroxylation is 1. The maximum absolute atomic E-state index is 10.8. The second-order valence-electron chi connectivity index (χ2n) is 2.42. The van der Waals surface area contributed by atoms with E-state index in [1.54, 1.807) is 6.92 Å². The summed E-state index contributed by atoms with van der Waals surface area (Å²) in [7, 11) is 0. The van der Waals surface area contributed by atoms with E-state index >= 15 is 0 Å². The molecule has 1 aromatic heterocycles. The number of hydrogen-bond donors (Lipinski definition) is 0. The van der Waals surface area contributed by atoms with Crippen molar-refractivity contribution >= 4 is 12.7 Å². The van der Waals surface area contributed by atoms with Crippen LogP contribution in [-0.2, 0) is 0 Å². The molecule has 0 radical (unpaired) electrons. The number of Topliss-reactive ketones (excluding diaryl/α,β-unsaturated/α-hetero) is 1. The Morgan fingerprint density at radius 1 is 1.50 bits per heavy atom. The van der Waals surface area contributed by atoms with Crippen molar-refractivity contribution in [3.05, 3.63) is 29.1 Å². The summed E-state index contributed by atoms with van der Waals surface area (Å²) < 4.78 is 0. The molecule has 2 heteroatoms. The van der Waals surface area contributed by atoms with Crippen LogP contribution in [0.25, 0.3) is 0 Å². The van der Waals surface area contributed by atoms with Crippen molar-refractivity contribution in [2.75, 3.05) is 0 Å². The van der Waals surface area contributed by atoms with Crippen LogP contribution in [-0.4, -0.2) is 12.7 Å². The maximum atomic E-state index is 10.8. The Labute approximate surface area is 61.3 Å². The fourth-order valence-corrected chi connectivity index (χ4v) is 0.788. The van der Waals surface area contributed by atoms with Gasteiger partial charge in [-0.15, -0.1) is 0 Å². The summed E-state index contributed by atoms with van der Waals surface area (Å²) in [6, 6.07) is 3.79. The molecule has 0 unspecified atom stereocenters. The predicted octanol–water partition coefficient (Wildman–Crippen LogP) is 1.54. The van der Waals surface area contributed by atoms with E-state index in [-0.39, 0.29) is 5.78 Å². The molecule has 0 aromatic carbocycles. The van der Waals surface area contributed by atoms with E-state index in [1.165, 1.54) is 5.46 Å². The first-order valence-corrected chi connectivity index (χ1v) is 3.28. The first kappa shape index (κ1) is 7.20. The topological polar surface area (TPSA) is 17.1 Å². The van der Waals surface area contributed by atoms with Gasteiger partial charge in [-0.05, 0) is 0 Å². The summed E-state index contributed by atoms with van der Waals surface area (Å²) >= 11 is 0. The Balaban J connectivity index is 3.00. The molecule has 0 fully saturated rings. The zero-order chi connectivity index (χ0) is 7.56. The number of carbonyl (C=O) groups is 1. The molecule has 0 saturated heterocycles. The zero-order valence-electron chi connectivity index (χ0n) is 6.22. The monoisotopic (exact) mass is 132 g/mol. The standard InChI is InChI=1S/C8H9BO/c1-6-3-4-8(5-9-6)7(2)10/h3-5H,1-2H3. The van der Waals surface area contributed by atoms with Crippen LogP contribution in [0.3, 0.4) is 0 Å². The Morgan fingerprint density at radius 2 is 2.20 bits per heavy atom. The number of ketones is 1. The van der Waals surface area contributed by atoms with E-state index in [0.717, 1.165) is 5.56 Å². The summed E-state index contributed by atoms with van der Waals surface area (Å²) in [6.45, 7) is 5.52. The first-order chi connectivity index (χ1) is 4.70. The SMILES string of the molecule is CC(=O)c1cbc(C)cc1. The van der Waals surface area contributed by atoms with E-state index < -0.39 is 0 Å². The van der Waals surface area contributed by atoms with Gasteiger partial charge in [-0.25, -0.2) is 0 Å². The van der Waals surface area contributed by atoms with Crippen molar-refractivity contribution in [2.24, 2.45) is 0 Å². The second kappa shape index (κ2) is 2.78. The molecule has 0 saturated carbocycles. The number of hydrogen-bond acceptors (Lipinski definition) is 1. The van der Waals surface area contributed by atoms with Crippen molar-refractivity contribution in [2.45, 2.75) is 13.8 Å². The molecule has 0 bridgehead atoms. The third kappa shape index (κ3) is 1.53. The molecule has 0 aliphatic heterocycles. The van der Waals surface area contributed by atoms with Crippen LogP contribution in [0.1, 0.15) is 22.7 Å². The van der Waals surface area contributed by atoms with Crippen LogP contribution in [0.2, 0.25) is 0 Å². The second-order valence-corrected chi connectivity index (χ2v) is 2.42. The van der Waals surface area contributed by atoms with Crippen LogP contribution >= 0.6 is 0 Å². The molecule has 0 spiro atoms. The molecule has 1 heterocycles. The molecule has 0 aliphatic rings. The summed E-state index contributed by atoms with van der Waals surface area (Å²) in [5, 5.41) is 0. The molecule has 1 rings (SSSR count). The van der Waals surface area contributed by atoms with Gasteiger partial charge in [-0.1, -0.05) is 0 Å².